The van der Waals surface area contributed by atoms with Crippen LogP contribution in [0.15, 0.2) is 35.2 Å². The number of nitrogens with zero attached hydrogens (tertiary/aromatic N) is 1. The lowest BCUT2D eigenvalue weighted by molar-refractivity contribution is -0.130. The highest BCUT2D eigenvalue weighted by molar-refractivity contribution is 8.00. The molecule has 3 rings (SSSR count). The number of benzene rings is 1. The van der Waals surface area contributed by atoms with E-state index in [0.717, 1.165) is 57.3 Å². The van der Waals surface area contributed by atoms with Gasteiger partial charge in [-0.15, -0.1) is 11.8 Å². The molecule has 2 fully saturated rings. The monoisotopic (exact) mass is 318 g/mol. The van der Waals surface area contributed by atoms with E-state index in [0.29, 0.717) is 5.91 Å². The van der Waals surface area contributed by atoms with Gasteiger partial charge >= 0.3 is 0 Å². The zero-order valence-electron chi connectivity index (χ0n) is 13.3. The second-order valence-corrected chi connectivity index (χ2v) is 7.68. The highest BCUT2D eigenvalue weighted by Crippen LogP contribution is 2.30. The van der Waals surface area contributed by atoms with Crippen LogP contribution >= 0.6 is 11.8 Å². The molecule has 0 saturated carbocycles. The SMILES string of the molecule is CCC(Sc1ccccc1)C(=O)N1CC[C@@H]2CNC[C@@H]2CC1. The average Bonchev–Trinajstić information content (AvgIpc) is 2.91. The Kier molecular flexibility index (Phi) is 5.42. The van der Waals surface area contributed by atoms with Gasteiger partial charge in [-0.25, -0.2) is 0 Å². The molecule has 0 aliphatic carbocycles. The maximum absolute atomic E-state index is 12.9. The maximum atomic E-state index is 12.9. The van der Waals surface area contributed by atoms with Crippen LogP contribution in [0.25, 0.3) is 0 Å². The summed E-state index contributed by atoms with van der Waals surface area (Å²) in [7, 11) is 0. The Morgan fingerprint density at radius 1 is 1.23 bits per heavy atom. The van der Waals surface area contributed by atoms with Gasteiger partial charge in [0, 0.05) is 18.0 Å². The van der Waals surface area contributed by atoms with E-state index in [1.165, 1.54) is 4.90 Å². The van der Waals surface area contributed by atoms with Gasteiger partial charge in [0.1, 0.15) is 0 Å². The molecule has 22 heavy (non-hydrogen) atoms. The van der Waals surface area contributed by atoms with Crippen LogP contribution in [-0.4, -0.2) is 42.2 Å². The van der Waals surface area contributed by atoms with Gasteiger partial charge in [0.2, 0.25) is 5.91 Å². The highest BCUT2D eigenvalue weighted by atomic mass is 32.2. The number of thioether (sulfide) groups is 1. The number of rotatable bonds is 4. The van der Waals surface area contributed by atoms with Crippen molar-refractivity contribution >= 4 is 17.7 Å². The molecule has 1 aromatic rings. The third kappa shape index (κ3) is 3.66. The molecule has 0 bridgehead atoms. The molecule has 2 heterocycles. The topological polar surface area (TPSA) is 32.3 Å². The molecule has 1 N–H and O–H groups in total. The van der Waals surface area contributed by atoms with Crippen molar-refractivity contribution in [1.82, 2.24) is 10.2 Å². The van der Waals surface area contributed by atoms with Crippen molar-refractivity contribution < 1.29 is 4.79 Å². The first-order valence-electron chi connectivity index (χ1n) is 8.49. The third-order valence-electron chi connectivity index (χ3n) is 5.00. The van der Waals surface area contributed by atoms with E-state index < -0.39 is 0 Å². The second-order valence-electron chi connectivity index (χ2n) is 6.41. The summed E-state index contributed by atoms with van der Waals surface area (Å²) < 4.78 is 0. The number of likely N-dealkylation sites (tertiary alicyclic amines) is 1. The third-order valence-corrected chi connectivity index (χ3v) is 6.36. The predicted molar refractivity (Wildman–Crippen MR) is 92.0 cm³/mol. The van der Waals surface area contributed by atoms with Crippen LogP contribution in [-0.2, 0) is 4.79 Å². The predicted octanol–water partition coefficient (Wildman–Crippen LogP) is 3.02. The molecule has 0 spiro atoms. The van der Waals surface area contributed by atoms with Gasteiger partial charge in [-0.2, -0.15) is 0 Å². The summed E-state index contributed by atoms with van der Waals surface area (Å²) >= 11 is 1.72. The Morgan fingerprint density at radius 3 is 2.45 bits per heavy atom. The minimum absolute atomic E-state index is 0.0541. The van der Waals surface area contributed by atoms with Crippen molar-refractivity contribution in [2.45, 2.75) is 36.3 Å². The molecule has 1 unspecified atom stereocenters. The molecule has 2 saturated heterocycles. The highest BCUT2D eigenvalue weighted by Gasteiger charge is 2.33. The summed E-state index contributed by atoms with van der Waals surface area (Å²) in [6.45, 7) is 6.28. The second kappa shape index (κ2) is 7.51. The van der Waals surface area contributed by atoms with Crippen molar-refractivity contribution in [3.8, 4) is 0 Å². The van der Waals surface area contributed by atoms with E-state index in [2.05, 4.69) is 29.3 Å². The zero-order valence-corrected chi connectivity index (χ0v) is 14.1. The number of amides is 1. The lowest BCUT2D eigenvalue weighted by atomic mass is 9.92. The average molecular weight is 318 g/mol. The molecule has 3 nitrogen and oxygen atoms in total. The van der Waals surface area contributed by atoms with Crippen LogP contribution in [0.5, 0.6) is 0 Å². The number of hydrogen-bond donors (Lipinski definition) is 1. The molecular formula is C18H26N2OS. The number of carbonyl (C=O) groups excluding carboxylic acids is 1. The fourth-order valence-electron chi connectivity index (χ4n) is 3.61. The van der Waals surface area contributed by atoms with Crippen LogP contribution in [0, 0.1) is 11.8 Å². The normalized spacial score (nSPS) is 26.3. The molecule has 2 aliphatic heterocycles. The van der Waals surface area contributed by atoms with E-state index in [1.807, 2.05) is 18.2 Å². The van der Waals surface area contributed by atoms with E-state index in [9.17, 15) is 4.79 Å². The molecule has 1 aromatic carbocycles. The van der Waals surface area contributed by atoms with Gasteiger partial charge in [-0.05, 0) is 56.3 Å². The Bertz CT molecular complexity index is 479. The summed E-state index contributed by atoms with van der Waals surface area (Å²) in [5.41, 5.74) is 0. The van der Waals surface area contributed by atoms with Crippen molar-refractivity contribution in [2.75, 3.05) is 26.2 Å². The smallest absolute Gasteiger partial charge is 0.236 e. The Morgan fingerprint density at radius 2 is 1.86 bits per heavy atom. The minimum atomic E-state index is 0.0541. The fraction of sp³-hybridized carbons (Fsp3) is 0.611. The fourth-order valence-corrected chi connectivity index (χ4v) is 4.67. The quantitative estimate of drug-likeness (QED) is 0.866. The number of hydrogen-bond acceptors (Lipinski definition) is 3. The summed E-state index contributed by atoms with van der Waals surface area (Å²) in [6.07, 6.45) is 3.22. The lowest BCUT2D eigenvalue weighted by Crippen LogP contribution is -2.38. The first kappa shape index (κ1) is 15.9. The molecule has 0 aromatic heterocycles. The van der Waals surface area contributed by atoms with Crippen molar-refractivity contribution in [1.29, 1.82) is 0 Å². The largest absolute Gasteiger partial charge is 0.342 e. The van der Waals surface area contributed by atoms with Crippen molar-refractivity contribution in [2.24, 2.45) is 11.8 Å². The molecule has 1 amide bonds. The lowest BCUT2D eigenvalue weighted by Gasteiger charge is -2.25. The summed E-state index contributed by atoms with van der Waals surface area (Å²) in [4.78, 5) is 16.2. The molecule has 120 valence electrons. The van der Waals surface area contributed by atoms with E-state index in [-0.39, 0.29) is 5.25 Å². The zero-order chi connectivity index (χ0) is 15.4. The maximum Gasteiger partial charge on any atom is 0.236 e. The van der Waals surface area contributed by atoms with Gasteiger partial charge in [0.15, 0.2) is 0 Å². The Balaban J connectivity index is 1.61. The van der Waals surface area contributed by atoms with Gasteiger partial charge in [-0.1, -0.05) is 25.1 Å². The van der Waals surface area contributed by atoms with Gasteiger partial charge in [0.25, 0.3) is 0 Å². The van der Waals surface area contributed by atoms with Crippen LogP contribution in [0.3, 0.4) is 0 Å². The molecule has 0 radical (unpaired) electrons. The minimum Gasteiger partial charge on any atom is -0.342 e. The number of fused-ring (bicyclic) bond motifs is 1. The number of nitrogens with one attached hydrogen (secondary N) is 1. The Labute approximate surface area is 137 Å². The van der Waals surface area contributed by atoms with E-state index in [4.69, 9.17) is 0 Å². The van der Waals surface area contributed by atoms with Gasteiger partial charge in [0.05, 0.1) is 5.25 Å². The van der Waals surface area contributed by atoms with Crippen LogP contribution in [0.4, 0.5) is 0 Å². The van der Waals surface area contributed by atoms with Crippen molar-refractivity contribution in [3.05, 3.63) is 30.3 Å². The van der Waals surface area contributed by atoms with Crippen LogP contribution in [0.2, 0.25) is 0 Å². The van der Waals surface area contributed by atoms with Gasteiger partial charge < -0.3 is 10.2 Å². The molecule has 3 atom stereocenters. The first-order chi connectivity index (χ1) is 10.8. The molecule has 2 aliphatic rings. The van der Waals surface area contributed by atoms with E-state index >= 15 is 0 Å². The standard InChI is InChI=1S/C18H26N2OS/c1-2-17(22-16-6-4-3-5-7-16)18(21)20-10-8-14-12-19-13-15(14)9-11-20/h3-7,14-15,17,19H,2,8-13H2,1H3/t14-,15+,17?. The summed E-state index contributed by atoms with van der Waals surface area (Å²) in [5, 5.41) is 3.55. The van der Waals surface area contributed by atoms with Gasteiger partial charge in [-0.3, -0.25) is 4.79 Å². The Hall–Kier alpha value is -1.00. The first-order valence-corrected chi connectivity index (χ1v) is 9.37. The summed E-state index contributed by atoms with van der Waals surface area (Å²) in [5.74, 6) is 1.89. The van der Waals surface area contributed by atoms with E-state index in [1.54, 1.807) is 11.8 Å². The molecule has 4 heteroatoms. The van der Waals surface area contributed by atoms with Crippen LogP contribution in [0.1, 0.15) is 26.2 Å². The number of carbonyl (C=O) groups is 1. The molecular weight excluding hydrogens is 292 g/mol. The summed E-state index contributed by atoms with van der Waals surface area (Å²) in [6, 6.07) is 10.3. The van der Waals surface area contributed by atoms with Crippen LogP contribution < -0.4 is 5.32 Å². The van der Waals surface area contributed by atoms with Crippen molar-refractivity contribution in [3.63, 3.8) is 0 Å².